The molecule has 1 aliphatic rings. The number of carbonyl (C=O) groups excluding carboxylic acids is 2. The second-order valence-electron chi connectivity index (χ2n) is 20.7. The number of aliphatic hydroxyl groups excluding tert-OH is 5. The summed E-state index contributed by atoms with van der Waals surface area (Å²) in [5.74, 6) is -1.19. The zero-order valence-electron chi connectivity index (χ0n) is 45.9. The first-order valence-corrected chi connectivity index (χ1v) is 29.8. The van der Waals surface area contributed by atoms with Crippen LogP contribution < -0.4 is 5.32 Å². The van der Waals surface area contributed by atoms with E-state index in [1.165, 1.54) is 141 Å². The van der Waals surface area contributed by atoms with E-state index in [1.807, 2.05) is 6.08 Å². The Hall–Kier alpha value is -2.12. The van der Waals surface area contributed by atoms with Gasteiger partial charge < -0.3 is 45.1 Å². The van der Waals surface area contributed by atoms with Gasteiger partial charge in [0.05, 0.1) is 25.4 Å². The third-order valence-corrected chi connectivity index (χ3v) is 14.1. The van der Waals surface area contributed by atoms with Gasteiger partial charge in [-0.05, 0) is 51.4 Å². The van der Waals surface area contributed by atoms with Crippen molar-refractivity contribution in [1.29, 1.82) is 0 Å². The van der Waals surface area contributed by atoms with E-state index < -0.39 is 67.4 Å². The molecule has 11 nitrogen and oxygen atoms in total. The first-order valence-electron chi connectivity index (χ1n) is 29.8. The number of unbranched alkanes of at least 4 members (excludes halogenated alkanes) is 32. The van der Waals surface area contributed by atoms with Crippen LogP contribution in [0, 0.1) is 0 Å². The summed E-state index contributed by atoms with van der Waals surface area (Å²) >= 11 is 0. The van der Waals surface area contributed by atoms with Gasteiger partial charge >= 0.3 is 5.97 Å². The van der Waals surface area contributed by atoms with E-state index in [1.54, 1.807) is 6.08 Å². The fraction of sp³-hybridized carbons (Fsp3) is 0.867. The highest BCUT2D eigenvalue weighted by molar-refractivity contribution is 5.80. The highest BCUT2D eigenvalue weighted by atomic mass is 16.7. The molecule has 0 aromatic carbocycles. The summed E-state index contributed by atoms with van der Waals surface area (Å²) in [6.07, 6.45) is 46.1. The Balaban J connectivity index is 2.71. The lowest BCUT2D eigenvalue weighted by molar-refractivity contribution is -0.305. The van der Waals surface area contributed by atoms with Gasteiger partial charge in [0.25, 0.3) is 0 Å². The Morgan fingerprint density at radius 2 is 1.01 bits per heavy atom. The Morgan fingerprint density at radius 1 is 0.563 bits per heavy atom. The fourth-order valence-electron chi connectivity index (χ4n) is 9.34. The molecule has 416 valence electrons. The van der Waals surface area contributed by atoms with Crippen LogP contribution in [0.25, 0.3) is 0 Å². The first-order chi connectivity index (χ1) is 34.7. The van der Waals surface area contributed by atoms with Crippen LogP contribution in [0.2, 0.25) is 0 Å². The Bertz CT molecular complexity index is 1290. The van der Waals surface area contributed by atoms with Crippen molar-refractivity contribution in [1.82, 2.24) is 5.32 Å². The molecule has 0 bridgehead atoms. The number of hydrogen-bond acceptors (Lipinski definition) is 10. The molecule has 71 heavy (non-hydrogen) atoms. The lowest BCUT2D eigenvalue weighted by Gasteiger charge is -2.41. The van der Waals surface area contributed by atoms with E-state index in [-0.39, 0.29) is 13.0 Å². The molecule has 0 radical (unpaired) electrons. The number of ether oxygens (including phenoxy) is 3. The topological polar surface area (TPSA) is 175 Å². The van der Waals surface area contributed by atoms with Gasteiger partial charge in [-0.3, -0.25) is 9.59 Å². The minimum Gasteiger partial charge on any atom is -0.454 e. The van der Waals surface area contributed by atoms with Gasteiger partial charge in [-0.25, -0.2) is 0 Å². The van der Waals surface area contributed by atoms with E-state index in [2.05, 4.69) is 50.4 Å². The van der Waals surface area contributed by atoms with Crippen molar-refractivity contribution in [2.45, 2.75) is 320 Å². The molecule has 8 unspecified atom stereocenters. The smallest absolute Gasteiger partial charge is 0.306 e. The Labute approximate surface area is 434 Å². The van der Waals surface area contributed by atoms with E-state index in [4.69, 9.17) is 14.2 Å². The maximum Gasteiger partial charge on any atom is 0.306 e. The lowest BCUT2D eigenvalue weighted by atomic mass is 9.99. The minimum absolute atomic E-state index is 0.116. The predicted molar refractivity (Wildman–Crippen MR) is 292 cm³/mol. The van der Waals surface area contributed by atoms with E-state index in [0.717, 1.165) is 83.5 Å². The zero-order chi connectivity index (χ0) is 51.8. The molecule has 0 saturated carbocycles. The number of amides is 1. The second kappa shape index (κ2) is 48.8. The van der Waals surface area contributed by atoms with E-state index >= 15 is 0 Å². The summed E-state index contributed by atoms with van der Waals surface area (Å²) in [7, 11) is 0. The molecular weight excluding hydrogens is 895 g/mol. The molecular formula is C60H111NO10. The summed E-state index contributed by atoms with van der Waals surface area (Å²) in [5.41, 5.74) is 0. The molecule has 1 saturated heterocycles. The predicted octanol–water partition coefficient (Wildman–Crippen LogP) is 13.5. The van der Waals surface area contributed by atoms with Crippen LogP contribution in [-0.2, 0) is 23.8 Å². The molecule has 0 aromatic rings. The third kappa shape index (κ3) is 37.3. The number of nitrogens with one attached hydrogen (secondary N) is 1. The summed E-state index contributed by atoms with van der Waals surface area (Å²) in [6.45, 7) is 5.69. The molecule has 1 rings (SSSR count). The number of allylic oxidation sites excluding steroid dienone is 5. The van der Waals surface area contributed by atoms with Crippen molar-refractivity contribution >= 4 is 11.9 Å². The van der Waals surface area contributed by atoms with Crippen LogP contribution in [0.1, 0.15) is 271 Å². The van der Waals surface area contributed by atoms with Crippen LogP contribution in [0.15, 0.2) is 36.5 Å². The van der Waals surface area contributed by atoms with Crippen LogP contribution in [0.5, 0.6) is 0 Å². The summed E-state index contributed by atoms with van der Waals surface area (Å²) in [5, 5.41) is 56.9. The van der Waals surface area contributed by atoms with Crippen molar-refractivity contribution in [3.05, 3.63) is 36.5 Å². The standard InChI is InChI=1S/C60H111NO10/c1-4-7-10-13-16-19-22-25-27-28-29-32-35-38-41-44-47-53(64)59(68)61-51(52(63)46-43-40-37-34-31-24-21-18-15-12-9-6-3)50-69-60-58(57(67)56(66)54(49-62)70-60)71-55(65)48-45-42-39-36-33-30-26-23-20-17-14-11-8-5-2/h8,11,17,20,43,46,51-54,56-58,60,62-64,66-67H,4-7,9-10,12-16,18-19,21-42,44-45,47-50H2,1-3H3,(H,61,68)/b11-8+,20-17+,46-43+. The average Bonchev–Trinajstić information content (AvgIpc) is 3.37. The molecule has 0 aliphatic carbocycles. The van der Waals surface area contributed by atoms with Crippen molar-refractivity contribution in [3.63, 3.8) is 0 Å². The molecule has 6 N–H and O–H groups in total. The highest BCUT2D eigenvalue weighted by Gasteiger charge is 2.47. The van der Waals surface area contributed by atoms with Crippen molar-refractivity contribution in [2.24, 2.45) is 0 Å². The average molecular weight is 1010 g/mol. The zero-order valence-corrected chi connectivity index (χ0v) is 45.9. The second-order valence-corrected chi connectivity index (χ2v) is 20.7. The quantitative estimate of drug-likeness (QED) is 0.0195. The van der Waals surface area contributed by atoms with Crippen LogP contribution in [0.4, 0.5) is 0 Å². The SMILES string of the molecule is CC/C=C/C/C=C/CCCCCCCCCC(=O)OC1C(OCC(NC(=O)C(O)CCCCCCCCCCCCCCCCCC)C(O)/C=C/CCCCCCCCCCCC)OC(CO)C(O)C1O. The summed E-state index contributed by atoms with van der Waals surface area (Å²) < 4.78 is 17.6. The Kier molecular flexibility index (Phi) is 46.0. The van der Waals surface area contributed by atoms with Crippen LogP contribution in [-0.4, -0.2) is 99.6 Å². The number of rotatable bonds is 50. The van der Waals surface area contributed by atoms with Gasteiger partial charge in [-0.2, -0.15) is 0 Å². The Morgan fingerprint density at radius 3 is 1.51 bits per heavy atom. The first kappa shape index (κ1) is 66.9. The minimum atomic E-state index is -1.61. The van der Waals surface area contributed by atoms with Gasteiger partial charge in [0.1, 0.15) is 24.4 Å². The van der Waals surface area contributed by atoms with Crippen LogP contribution in [0.3, 0.4) is 0 Å². The molecule has 1 amide bonds. The number of aliphatic hydroxyl groups is 5. The monoisotopic (exact) mass is 1010 g/mol. The summed E-state index contributed by atoms with van der Waals surface area (Å²) in [4.78, 5) is 26.5. The summed E-state index contributed by atoms with van der Waals surface area (Å²) in [6, 6.07) is -1.02. The van der Waals surface area contributed by atoms with E-state index in [0.29, 0.717) is 19.3 Å². The van der Waals surface area contributed by atoms with Gasteiger partial charge in [0.15, 0.2) is 12.4 Å². The lowest BCUT2D eigenvalue weighted by Crippen LogP contribution is -2.61. The van der Waals surface area contributed by atoms with E-state index in [9.17, 15) is 35.1 Å². The largest absolute Gasteiger partial charge is 0.454 e. The maximum atomic E-state index is 13.4. The van der Waals surface area contributed by atoms with Crippen molar-refractivity contribution in [3.8, 4) is 0 Å². The molecule has 1 aliphatic heterocycles. The normalized spacial score (nSPS) is 19.8. The molecule has 1 heterocycles. The molecule has 1 fully saturated rings. The van der Waals surface area contributed by atoms with Gasteiger partial charge in [0.2, 0.25) is 5.91 Å². The van der Waals surface area contributed by atoms with Crippen LogP contribution >= 0.6 is 0 Å². The fourth-order valence-corrected chi connectivity index (χ4v) is 9.34. The van der Waals surface area contributed by atoms with Gasteiger partial charge in [0, 0.05) is 6.42 Å². The maximum absolute atomic E-state index is 13.4. The molecule has 11 heteroatoms. The van der Waals surface area contributed by atoms with Crippen molar-refractivity contribution in [2.75, 3.05) is 13.2 Å². The highest BCUT2D eigenvalue weighted by Crippen LogP contribution is 2.26. The number of carbonyl (C=O) groups is 2. The van der Waals surface area contributed by atoms with Gasteiger partial charge in [-0.1, -0.05) is 250 Å². The number of hydrogen-bond donors (Lipinski definition) is 6. The van der Waals surface area contributed by atoms with Crippen molar-refractivity contribution < 1.29 is 49.3 Å². The molecule has 0 aromatic heterocycles. The number of esters is 1. The third-order valence-electron chi connectivity index (χ3n) is 14.1. The molecule has 0 spiro atoms. The van der Waals surface area contributed by atoms with Gasteiger partial charge in [-0.15, -0.1) is 0 Å². The molecule has 8 atom stereocenters.